The van der Waals surface area contributed by atoms with E-state index in [1.54, 1.807) is 22.7 Å². The first kappa shape index (κ1) is 13.2. The second kappa shape index (κ2) is 5.09. The van der Waals surface area contributed by atoms with Crippen molar-refractivity contribution in [2.75, 3.05) is 0 Å². The molecule has 0 radical (unpaired) electrons. The highest BCUT2D eigenvalue weighted by Crippen LogP contribution is 2.35. The molecule has 21 heavy (non-hydrogen) atoms. The number of hydrogen-bond acceptors (Lipinski definition) is 4. The van der Waals surface area contributed by atoms with Crippen molar-refractivity contribution < 1.29 is 0 Å². The smallest absolute Gasteiger partial charge is 0.260 e. The number of aromatic nitrogens is 2. The molecule has 106 valence electrons. The lowest BCUT2D eigenvalue weighted by atomic mass is 10.2. The number of rotatable bonds is 2. The average Bonchev–Trinajstić information content (AvgIpc) is 3.13. The largest absolute Gasteiger partial charge is 0.305 e. The second-order valence-electron chi connectivity index (χ2n) is 4.96. The zero-order chi connectivity index (χ0) is 14.4. The van der Waals surface area contributed by atoms with Crippen molar-refractivity contribution in [2.45, 2.75) is 19.3 Å². The van der Waals surface area contributed by atoms with E-state index in [1.165, 1.54) is 10.4 Å². The van der Waals surface area contributed by atoms with Crippen LogP contribution in [0.1, 0.15) is 27.6 Å². The van der Waals surface area contributed by atoms with Crippen LogP contribution in [0.15, 0.2) is 22.3 Å². The van der Waals surface area contributed by atoms with Gasteiger partial charge in [0.15, 0.2) is 5.82 Å². The molecular formula is C15H11ClN2OS2. The molecule has 0 atom stereocenters. The minimum atomic E-state index is -0.0767. The molecule has 1 aliphatic rings. The third-order valence-corrected chi connectivity index (χ3v) is 5.91. The quantitative estimate of drug-likeness (QED) is 0.760. The number of aromatic amines is 1. The van der Waals surface area contributed by atoms with Gasteiger partial charge in [-0.1, -0.05) is 17.7 Å². The van der Waals surface area contributed by atoms with E-state index in [1.807, 2.05) is 23.6 Å². The normalized spacial score (nSPS) is 14.8. The predicted octanol–water partition coefficient (Wildman–Crippen LogP) is 4.27. The van der Waals surface area contributed by atoms with E-state index >= 15 is 0 Å². The van der Waals surface area contributed by atoms with Crippen LogP contribution in [0, 0.1) is 0 Å². The number of thiophene rings is 2. The predicted molar refractivity (Wildman–Crippen MR) is 90.3 cm³/mol. The van der Waals surface area contributed by atoms with E-state index in [0.717, 1.165) is 34.4 Å². The number of H-pyrrole nitrogens is 1. The average molecular weight is 335 g/mol. The van der Waals surface area contributed by atoms with E-state index in [4.69, 9.17) is 11.6 Å². The van der Waals surface area contributed by atoms with Crippen LogP contribution in [-0.2, 0) is 12.8 Å². The van der Waals surface area contributed by atoms with E-state index in [0.29, 0.717) is 10.9 Å². The van der Waals surface area contributed by atoms with Crippen molar-refractivity contribution in [3.63, 3.8) is 0 Å². The van der Waals surface area contributed by atoms with Crippen LogP contribution in [0.4, 0.5) is 0 Å². The molecule has 1 aliphatic carbocycles. The fraction of sp³-hybridized carbons (Fsp3) is 0.200. The van der Waals surface area contributed by atoms with Gasteiger partial charge < -0.3 is 4.98 Å². The number of hydrogen-bond donors (Lipinski definition) is 1. The Morgan fingerprint density at radius 1 is 1.43 bits per heavy atom. The fourth-order valence-electron chi connectivity index (χ4n) is 2.68. The summed E-state index contributed by atoms with van der Waals surface area (Å²) in [4.78, 5) is 22.9. The summed E-state index contributed by atoms with van der Waals surface area (Å²) >= 11 is 9.53. The molecule has 1 N–H and O–H groups in total. The van der Waals surface area contributed by atoms with Crippen LogP contribution in [0.5, 0.6) is 0 Å². The molecule has 0 bridgehead atoms. The van der Waals surface area contributed by atoms with Crippen LogP contribution >= 0.6 is 34.3 Å². The van der Waals surface area contributed by atoms with Gasteiger partial charge in [-0.2, -0.15) is 0 Å². The minimum Gasteiger partial charge on any atom is -0.305 e. The monoisotopic (exact) mass is 334 g/mol. The van der Waals surface area contributed by atoms with Crippen LogP contribution in [0.25, 0.3) is 21.3 Å². The summed E-state index contributed by atoms with van der Waals surface area (Å²) in [6, 6.07) is 3.94. The molecule has 6 heteroatoms. The van der Waals surface area contributed by atoms with E-state index in [-0.39, 0.29) is 5.56 Å². The van der Waals surface area contributed by atoms with E-state index in [9.17, 15) is 4.79 Å². The molecule has 3 aromatic heterocycles. The Kier molecular flexibility index (Phi) is 3.21. The van der Waals surface area contributed by atoms with Crippen LogP contribution in [0.2, 0.25) is 0 Å². The van der Waals surface area contributed by atoms with Gasteiger partial charge in [-0.3, -0.25) is 4.79 Å². The van der Waals surface area contributed by atoms with Gasteiger partial charge in [0.05, 0.1) is 10.4 Å². The zero-order valence-electron chi connectivity index (χ0n) is 11.0. The molecule has 4 rings (SSSR count). The lowest BCUT2D eigenvalue weighted by Gasteiger charge is -1.99. The first-order valence-electron chi connectivity index (χ1n) is 6.68. The third-order valence-electron chi connectivity index (χ3n) is 3.61. The number of halogens is 1. The Morgan fingerprint density at radius 3 is 3.14 bits per heavy atom. The van der Waals surface area contributed by atoms with Crippen molar-refractivity contribution in [2.24, 2.45) is 0 Å². The Morgan fingerprint density at radius 2 is 2.33 bits per heavy atom. The molecule has 3 heterocycles. The Balaban J connectivity index is 1.86. The van der Waals surface area contributed by atoms with Gasteiger partial charge in [-0.15, -0.1) is 22.7 Å². The fourth-order valence-corrected chi connectivity index (χ4v) is 4.87. The maximum absolute atomic E-state index is 12.4. The van der Waals surface area contributed by atoms with Gasteiger partial charge in [-0.05, 0) is 42.3 Å². The van der Waals surface area contributed by atoms with E-state index in [2.05, 4.69) is 9.97 Å². The molecule has 0 saturated heterocycles. The highest BCUT2D eigenvalue weighted by molar-refractivity contribution is 7.18. The Labute approximate surface area is 133 Å². The summed E-state index contributed by atoms with van der Waals surface area (Å²) in [5.74, 6) is 0.447. The van der Waals surface area contributed by atoms with Crippen molar-refractivity contribution in [3.05, 3.63) is 49.0 Å². The first-order valence-corrected chi connectivity index (χ1v) is 8.75. The van der Waals surface area contributed by atoms with Gasteiger partial charge in [0.25, 0.3) is 5.56 Å². The highest BCUT2D eigenvalue weighted by Gasteiger charge is 2.21. The number of aryl methyl sites for hydroxylation is 2. The summed E-state index contributed by atoms with van der Waals surface area (Å²) < 4.78 is 0. The molecule has 0 unspecified atom stereocenters. The summed E-state index contributed by atoms with van der Waals surface area (Å²) in [5.41, 5.74) is 1.11. The molecular weight excluding hydrogens is 324 g/mol. The summed E-state index contributed by atoms with van der Waals surface area (Å²) in [6.07, 6.45) is 5.01. The topological polar surface area (TPSA) is 45.8 Å². The number of fused-ring (bicyclic) bond motifs is 3. The standard InChI is InChI=1S/C15H11ClN2OS2/c16-10(7-8-3-2-6-20-8)13-17-14(19)12-9-4-1-5-11(9)21-15(12)18-13/h2-3,6-7H,1,4-5H2,(H,17,18,19)/b10-7-. The van der Waals surface area contributed by atoms with Gasteiger partial charge >= 0.3 is 0 Å². The molecule has 0 saturated carbocycles. The molecule has 3 aromatic rings. The lowest BCUT2D eigenvalue weighted by Crippen LogP contribution is -2.10. The molecule has 0 aromatic carbocycles. The van der Waals surface area contributed by atoms with Crippen molar-refractivity contribution in [1.82, 2.24) is 9.97 Å². The van der Waals surface area contributed by atoms with Crippen LogP contribution < -0.4 is 5.56 Å². The molecule has 0 amide bonds. The van der Waals surface area contributed by atoms with Gasteiger partial charge in [0.1, 0.15) is 4.83 Å². The maximum Gasteiger partial charge on any atom is 0.260 e. The van der Waals surface area contributed by atoms with Crippen LogP contribution in [-0.4, -0.2) is 9.97 Å². The molecule has 0 spiro atoms. The van der Waals surface area contributed by atoms with Gasteiger partial charge in [0.2, 0.25) is 0 Å². The summed E-state index contributed by atoms with van der Waals surface area (Å²) in [5, 5.41) is 3.21. The molecule has 0 fully saturated rings. The Hall–Kier alpha value is -1.43. The molecule has 3 nitrogen and oxygen atoms in total. The minimum absolute atomic E-state index is 0.0767. The SMILES string of the molecule is O=c1[nH]c(/C(Cl)=C/c2cccs2)nc2sc3c(c12)CCC3. The van der Waals surface area contributed by atoms with Crippen molar-refractivity contribution >= 4 is 55.6 Å². The number of nitrogens with one attached hydrogen (secondary N) is 1. The summed E-state index contributed by atoms with van der Waals surface area (Å²) in [6.45, 7) is 0. The van der Waals surface area contributed by atoms with Gasteiger partial charge in [0, 0.05) is 9.75 Å². The maximum atomic E-state index is 12.4. The summed E-state index contributed by atoms with van der Waals surface area (Å²) in [7, 11) is 0. The lowest BCUT2D eigenvalue weighted by molar-refractivity contribution is 0.916. The van der Waals surface area contributed by atoms with Crippen LogP contribution in [0.3, 0.4) is 0 Å². The molecule has 0 aliphatic heterocycles. The van der Waals surface area contributed by atoms with Gasteiger partial charge in [-0.25, -0.2) is 4.98 Å². The second-order valence-corrected chi connectivity index (χ2v) is 7.43. The van der Waals surface area contributed by atoms with E-state index < -0.39 is 0 Å². The first-order chi connectivity index (χ1) is 10.2. The Bertz CT molecular complexity index is 906. The zero-order valence-corrected chi connectivity index (χ0v) is 13.4. The third kappa shape index (κ3) is 2.25. The highest BCUT2D eigenvalue weighted by atomic mass is 35.5. The van der Waals surface area contributed by atoms with Crippen molar-refractivity contribution in [1.29, 1.82) is 0 Å². The number of nitrogens with zero attached hydrogens (tertiary/aromatic N) is 1. The van der Waals surface area contributed by atoms with Crippen molar-refractivity contribution in [3.8, 4) is 0 Å².